The number of aromatic nitrogens is 4. The molecule has 0 aliphatic carbocycles. The maximum Gasteiger partial charge on any atom is 0.278 e. The number of amides is 1. The molecule has 4 rings (SSSR count). The quantitative estimate of drug-likeness (QED) is 0.506. The molecule has 0 fully saturated rings. The van der Waals surface area contributed by atoms with E-state index in [0.717, 1.165) is 22.5 Å². The van der Waals surface area contributed by atoms with Crippen molar-refractivity contribution in [1.82, 2.24) is 24.9 Å². The first-order valence-electron chi connectivity index (χ1n) is 10.8. The molecular weight excluding hydrogens is 402 g/mol. The van der Waals surface area contributed by atoms with E-state index in [-0.39, 0.29) is 11.5 Å². The van der Waals surface area contributed by atoms with Gasteiger partial charge in [0.2, 0.25) is 5.91 Å². The molecule has 0 aliphatic rings. The maximum absolute atomic E-state index is 13.4. The van der Waals surface area contributed by atoms with Crippen molar-refractivity contribution in [1.29, 1.82) is 0 Å². The van der Waals surface area contributed by atoms with E-state index in [1.807, 2.05) is 82.3 Å². The Balaban J connectivity index is 1.70. The van der Waals surface area contributed by atoms with Crippen LogP contribution in [0.15, 0.2) is 59.4 Å². The second-order valence-corrected chi connectivity index (χ2v) is 8.02. The second kappa shape index (κ2) is 8.78. The average Bonchev–Trinajstić information content (AvgIpc) is 3.16. The number of benzene rings is 2. The molecule has 0 radical (unpaired) electrons. The monoisotopic (exact) mass is 429 g/mol. The topological polar surface area (TPSA) is 81.8 Å². The number of fused-ring (bicyclic) bond motifs is 1. The fourth-order valence-electron chi connectivity index (χ4n) is 3.89. The molecule has 2 heterocycles. The summed E-state index contributed by atoms with van der Waals surface area (Å²) in [6, 6.07) is 17.0. The number of carbonyl (C=O) groups is 1. The molecule has 0 saturated heterocycles. The molecule has 1 atom stereocenters. The summed E-state index contributed by atoms with van der Waals surface area (Å²) in [7, 11) is 0. The van der Waals surface area contributed by atoms with Crippen LogP contribution in [0.4, 0.5) is 0 Å². The zero-order chi connectivity index (χ0) is 22.8. The van der Waals surface area contributed by atoms with Crippen LogP contribution >= 0.6 is 0 Å². The Morgan fingerprint density at radius 3 is 2.34 bits per heavy atom. The number of aryl methyl sites for hydroxylation is 3. The minimum absolute atomic E-state index is 0.227. The molecule has 0 bridgehead atoms. The number of nitrogens with one attached hydrogen (secondary N) is 1. The van der Waals surface area contributed by atoms with Gasteiger partial charge in [-0.05, 0) is 44.9 Å². The fourth-order valence-corrected chi connectivity index (χ4v) is 3.89. The molecule has 32 heavy (non-hydrogen) atoms. The average molecular weight is 430 g/mol. The molecule has 1 amide bonds. The van der Waals surface area contributed by atoms with Gasteiger partial charge in [-0.1, -0.05) is 55.0 Å². The zero-order valence-corrected chi connectivity index (χ0v) is 18.8. The molecular formula is C25H27N5O2. The first-order chi connectivity index (χ1) is 15.4. The fraction of sp³-hybridized carbons (Fsp3) is 0.280. The van der Waals surface area contributed by atoms with Crippen LogP contribution in [-0.4, -0.2) is 25.5 Å². The first kappa shape index (κ1) is 21.5. The minimum atomic E-state index is -0.699. The van der Waals surface area contributed by atoms with Gasteiger partial charge in [-0.2, -0.15) is 10.2 Å². The van der Waals surface area contributed by atoms with Gasteiger partial charge in [-0.3, -0.25) is 9.59 Å². The van der Waals surface area contributed by atoms with Crippen LogP contribution in [0.5, 0.6) is 0 Å². The summed E-state index contributed by atoms with van der Waals surface area (Å²) < 4.78 is 3.07. The summed E-state index contributed by atoms with van der Waals surface area (Å²) in [5.74, 6) is -0.227. The van der Waals surface area contributed by atoms with E-state index in [1.165, 1.54) is 4.68 Å². The van der Waals surface area contributed by atoms with Crippen LogP contribution in [0.3, 0.4) is 0 Å². The standard InChI is InChI=1S/C25H27N5O2/c1-5-21(24(31)26-15-19-13-11-16(2)12-14-19)30-25(32)22-18(4)29(20-9-7-6-8-10-20)28-23(22)17(3)27-30/h6-14,21H,5,15H2,1-4H3,(H,26,31). The minimum Gasteiger partial charge on any atom is -0.350 e. The van der Waals surface area contributed by atoms with Crippen molar-refractivity contribution in [2.75, 3.05) is 0 Å². The lowest BCUT2D eigenvalue weighted by Gasteiger charge is -2.17. The van der Waals surface area contributed by atoms with Crippen LogP contribution in [0.25, 0.3) is 16.6 Å². The van der Waals surface area contributed by atoms with Crippen LogP contribution in [0.2, 0.25) is 0 Å². The van der Waals surface area contributed by atoms with Crippen molar-refractivity contribution in [2.45, 2.75) is 46.7 Å². The van der Waals surface area contributed by atoms with Crippen molar-refractivity contribution in [3.63, 3.8) is 0 Å². The van der Waals surface area contributed by atoms with Crippen molar-refractivity contribution in [3.8, 4) is 5.69 Å². The summed E-state index contributed by atoms with van der Waals surface area (Å²) in [5.41, 5.74) is 4.63. The highest BCUT2D eigenvalue weighted by Gasteiger charge is 2.25. The molecule has 2 aromatic heterocycles. The second-order valence-electron chi connectivity index (χ2n) is 8.02. The van der Waals surface area contributed by atoms with Gasteiger partial charge >= 0.3 is 0 Å². The van der Waals surface area contributed by atoms with Crippen molar-refractivity contribution < 1.29 is 4.79 Å². The van der Waals surface area contributed by atoms with Gasteiger partial charge in [0.05, 0.1) is 22.5 Å². The normalized spacial score (nSPS) is 12.1. The van der Waals surface area contributed by atoms with Gasteiger partial charge in [-0.25, -0.2) is 9.36 Å². The number of hydrogen-bond donors (Lipinski definition) is 1. The smallest absolute Gasteiger partial charge is 0.278 e. The van der Waals surface area contributed by atoms with E-state index in [0.29, 0.717) is 29.6 Å². The largest absolute Gasteiger partial charge is 0.350 e. The van der Waals surface area contributed by atoms with Gasteiger partial charge < -0.3 is 5.32 Å². The zero-order valence-electron chi connectivity index (χ0n) is 18.8. The van der Waals surface area contributed by atoms with E-state index in [9.17, 15) is 9.59 Å². The van der Waals surface area contributed by atoms with Crippen molar-refractivity contribution in [2.24, 2.45) is 0 Å². The lowest BCUT2D eigenvalue weighted by atomic mass is 10.1. The molecule has 0 saturated carbocycles. The third kappa shape index (κ3) is 3.93. The van der Waals surface area contributed by atoms with Crippen molar-refractivity contribution >= 4 is 16.8 Å². The molecule has 0 spiro atoms. The Morgan fingerprint density at radius 2 is 1.69 bits per heavy atom. The number of nitrogens with zero attached hydrogens (tertiary/aromatic N) is 4. The summed E-state index contributed by atoms with van der Waals surface area (Å²) >= 11 is 0. The van der Waals surface area contributed by atoms with E-state index in [4.69, 9.17) is 0 Å². The molecule has 7 heteroatoms. The van der Waals surface area contributed by atoms with Gasteiger partial charge in [0.15, 0.2) is 0 Å². The summed E-state index contributed by atoms with van der Waals surface area (Å²) in [6.07, 6.45) is 0.448. The molecule has 2 aromatic carbocycles. The predicted molar refractivity (Wildman–Crippen MR) is 125 cm³/mol. The number of hydrogen-bond acceptors (Lipinski definition) is 4. The first-order valence-corrected chi connectivity index (χ1v) is 10.8. The highest BCUT2D eigenvalue weighted by molar-refractivity contribution is 5.84. The molecule has 164 valence electrons. The van der Waals surface area contributed by atoms with Crippen LogP contribution in [-0.2, 0) is 11.3 Å². The van der Waals surface area contributed by atoms with E-state index in [1.54, 1.807) is 4.68 Å². The summed E-state index contributed by atoms with van der Waals surface area (Å²) in [5, 5.41) is 12.6. The Labute approximate surface area is 186 Å². The summed E-state index contributed by atoms with van der Waals surface area (Å²) in [4.78, 5) is 26.4. The number of para-hydroxylation sites is 1. The molecule has 4 aromatic rings. The Hall–Kier alpha value is -3.74. The molecule has 1 unspecified atom stereocenters. The van der Waals surface area contributed by atoms with E-state index < -0.39 is 6.04 Å². The van der Waals surface area contributed by atoms with Crippen LogP contribution < -0.4 is 10.9 Å². The molecule has 1 N–H and O–H groups in total. The Morgan fingerprint density at radius 1 is 1.00 bits per heavy atom. The van der Waals surface area contributed by atoms with Crippen molar-refractivity contribution in [3.05, 3.63) is 87.5 Å². The SMILES string of the molecule is CCC(C(=O)NCc1ccc(C)cc1)n1nc(C)c2nn(-c3ccccc3)c(C)c2c1=O. The van der Waals surface area contributed by atoms with Crippen LogP contribution in [0, 0.1) is 20.8 Å². The Kier molecular flexibility index (Phi) is 5.90. The van der Waals surface area contributed by atoms with Crippen LogP contribution in [0.1, 0.15) is 41.9 Å². The van der Waals surface area contributed by atoms with Gasteiger partial charge in [0.1, 0.15) is 11.6 Å². The third-order valence-corrected chi connectivity index (χ3v) is 5.71. The Bertz CT molecular complexity index is 1320. The third-order valence-electron chi connectivity index (χ3n) is 5.71. The summed E-state index contributed by atoms with van der Waals surface area (Å²) in [6.45, 7) is 7.98. The van der Waals surface area contributed by atoms with E-state index in [2.05, 4.69) is 15.5 Å². The maximum atomic E-state index is 13.4. The number of carbonyl (C=O) groups excluding carboxylic acids is 1. The molecule has 0 aliphatic heterocycles. The van der Waals surface area contributed by atoms with Gasteiger partial charge in [-0.15, -0.1) is 0 Å². The number of rotatable bonds is 6. The lowest BCUT2D eigenvalue weighted by Crippen LogP contribution is -2.38. The van der Waals surface area contributed by atoms with E-state index >= 15 is 0 Å². The molecule has 7 nitrogen and oxygen atoms in total. The van der Waals surface area contributed by atoms with Gasteiger partial charge in [0, 0.05) is 6.54 Å². The highest BCUT2D eigenvalue weighted by Crippen LogP contribution is 2.21. The predicted octanol–water partition coefficient (Wildman–Crippen LogP) is 3.77. The van der Waals surface area contributed by atoms with Gasteiger partial charge in [0.25, 0.3) is 5.56 Å². The highest BCUT2D eigenvalue weighted by atomic mass is 16.2. The lowest BCUT2D eigenvalue weighted by molar-refractivity contribution is -0.125.